The molecule has 0 radical (unpaired) electrons. The van der Waals surface area contributed by atoms with Gasteiger partial charge in [0.2, 0.25) is 0 Å². The molecule has 1 aliphatic rings. The summed E-state index contributed by atoms with van der Waals surface area (Å²) < 4.78 is 12.3. The Hall–Kier alpha value is -0.618. The molecule has 2 nitrogen and oxygen atoms in total. The molecule has 1 saturated carbocycles. The molecule has 0 saturated heterocycles. The first-order valence-corrected chi connectivity index (χ1v) is 8.12. The van der Waals surface area contributed by atoms with E-state index in [4.69, 9.17) is 9.15 Å². The van der Waals surface area contributed by atoms with Gasteiger partial charge in [-0.2, -0.15) is 0 Å². The fourth-order valence-corrected chi connectivity index (χ4v) is 3.27. The average molecular weight is 312 g/mol. The molecule has 1 aromatic heterocycles. The molecule has 0 bridgehead atoms. The molecule has 20 heavy (non-hydrogen) atoms. The molecule has 2 rings (SSSR count). The summed E-state index contributed by atoms with van der Waals surface area (Å²) >= 11 is 3.03. The summed E-state index contributed by atoms with van der Waals surface area (Å²) in [7, 11) is 0. The van der Waals surface area contributed by atoms with Crippen LogP contribution < -0.4 is 0 Å². The van der Waals surface area contributed by atoms with Crippen LogP contribution in [0.15, 0.2) is 28.9 Å². The Bertz CT molecular complexity index is 448. The Labute approximate surface area is 130 Å². The van der Waals surface area contributed by atoms with Gasteiger partial charge in [0.1, 0.15) is 0 Å². The van der Waals surface area contributed by atoms with Crippen molar-refractivity contribution in [3.8, 4) is 0 Å². The molecule has 0 amide bonds. The normalized spacial score (nSPS) is 27.3. The third kappa shape index (κ3) is 4.45. The van der Waals surface area contributed by atoms with Crippen molar-refractivity contribution >= 4 is 10.6 Å². The standard InChI is InChI=1S/C17H24O2.Cr/c1-13(2)16-9-8-14(3)12-17(16)19-11-5-7-15-6-4-10-18-15;/h4-7,10,13-14,16-17H,8-9,12H2,1-3H3;/b7-5+;/t14-,16+,17-;/m0./s1. The van der Waals surface area contributed by atoms with Crippen molar-refractivity contribution in [2.45, 2.75) is 46.1 Å². The fourth-order valence-electron chi connectivity index (χ4n) is 2.97. The molecule has 1 aromatic rings. The minimum atomic E-state index is 0.330. The fraction of sp³-hybridized carbons (Fsp3) is 0.588. The molecule has 0 aliphatic heterocycles. The van der Waals surface area contributed by atoms with Crippen LogP contribution in [0.5, 0.6) is 0 Å². The van der Waals surface area contributed by atoms with E-state index in [1.807, 2.05) is 24.3 Å². The first-order valence-electron chi connectivity index (χ1n) is 7.48. The zero-order valence-corrected chi connectivity index (χ0v) is 13.8. The molecule has 1 fully saturated rings. The van der Waals surface area contributed by atoms with E-state index in [0.717, 1.165) is 22.7 Å². The predicted octanol–water partition coefficient (Wildman–Crippen LogP) is 4.45. The molecule has 110 valence electrons. The van der Waals surface area contributed by atoms with Gasteiger partial charge in [-0.25, -0.2) is 0 Å². The third-order valence-corrected chi connectivity index (χ3v) is 4.52. The van der Waals surface area contributed by atoms with Crippen LogP contribution in [0.1, 0.15) is 45.8 Å². The van der Waals surface area contributed by atoms with Crippen LogP contribution in [0, 0.1) is 17.8 Å². The van der Waals surface area contributed by atoms with Gasteiger partial charge in [0.05, 0.1) is 0 Å². The van der Waals surface area contributed by atoms with Gasteiger partial charge in [0, 0.05) is 0 Å². The van der Waals surface area contributed by atoms with Crippen molar-refractivity contribution in [2.75, 3.05) is 0 Å². The Morgan fingerprint density at radius 3 is 2.90 bits per heavy atom. The molecule has 3 heteroatoms. The van der Waals surface area contributed by atoms with Gasteiger partial charge >= 0.3 is 130 Å². The molecule has 3 atom stereocenters. The number of hydrogen-bond donors (Lipinski definition) is 0. The quantitative estimate of drug-likeness (QED) is 0.801. The number of rotatable bonds is 5. The Kier molecular flexibility index (Phi) is 5.84. The van der Waals surface area contributed by atoms with Crippen LogP contribution in [0.3, 0.4) is 0 Å². The summed E-state index contributed by atoms with van der Waals surface area (Å²) in [5.41, 5.74) is 0. The van der Waals surface area contributed by atoms with Crippen LogP contribution >= 0.6 is 0 Å². The van der Waals surface area contributed by atoms with E-state index in [1.54, 1.807) is 6.26 Å². The summed E-state index contributed by atoms with van der Waals surface area (Å²) in [6, 6.07) is 3.82. The maximum atomic E-state index is 6.17. The van der Waals surface area contributed by atoms with E-state index in [0.29, 0.717) is 17.9 Å². The Morgan fingerprint density at radius 1 is 1.45 bits per heavy atom. The van der Waals surface area contributed by atoms with Gasteiger partial charge in [-0.15, -0.1) is 0 Å². The monoisotopic (exact) mass is 312 g/mol. The topological polar surface area (TPSA) is 22.4 Å². The van der Waals surface area contributed by atoms with E-state index in [1.165, 1.54) is 12.8 Å². The number of furan rings is 1. The third-order valence-electron chi connectivity index (χ3n) is 4.16. The first-order chi connectivity index (χ1) is 9.56. The van der Waals surface area contributed by atoms with Crippen molar-refractivity contribution in [3.63, 3.8) is 0 Å². The van der Waals surface area contributed by atoms with Gasteiger partial charge < -0.3 is 0 Å². The van der Waals surface area contributed by atoms with Crippen LogP contribution in [-0.2, 0) is 20.6 Å². The first kappa shape index (κ1) is 15.8. The van der Waals surface area contributed by atoms with Gasteiger partial charge in [0.25, 0.3) is 0 Å². The van der Waals surface area contributed by atoms with Crippen molar-refractivity contribution in [2.24, 2.45) is 17.8 Å². The summed E-state index contributed by atoms with van der Waals surface area (Å²) in [5.74, 6) is 2.94. The molecular formula is C17H24CrO2. The summed E-state index contributed by atoms with van der Waals surface area (Å²) in [4.78, 5) is 0. The van der Waals surface area contributed by atoms with Crippen LogP contribution in [0.25, 0.3) is 6.08 Å². The van der Waals surface area contributed by atoms with E-state index < -0.39 is 0 Å². The second kappa shape index (κ2) is 7.41. The molecule has 0 spiro atoms. The molecular weight excluding hydrogens is 288 g/mol. The van der Waals surface area contributed by atoms with Crippen LogP contribution in [0.4, 0.5) is 0 Å². The Morgan fingerprint density at radius 2 is 2.25 bits per heavy atom. The molecule has 1 heterocycles. The average Bonchev–Trinajstić information content (AvgIpc) is 2.89. The van der Waals surface area contributed by atoms with Crippen LogP contribution in [0.2, 0.25) is 0 Å². The summed E-state index contributed by atoms with van der Waals surface area (Å²) in [6.07, 6.45) is 9.65. The SMILES string of the molecule is CC(C)[C@H]1CC[C@H](C)C[C@@H]1O[C](=[Cr])/C=C/c1ccco1. The van der Waals surface area contributed by atoms with E-state index >= 15 is 0 Å². The minimum absolute atomic E-state index is 0.330. The Balaban J connectivity index is 1.93. The second-order valence-corrected chi connectivity index (χ2v) is 6.78. The number of ether oxygens (including phenoxy) is 1. The van der Waals surface area contributed by atoms with E-state index in [2.05, 4.69) is 36.6 Å². The zero-order valence-electron chi connectivity index (χ0n) is 12.5. The molecule has 0 aromatic carbocycles. The van der Waals surface area contributed by atoms with Gasteiger partial charge in [-0.05, 0) is 0 Å². The maximum absolute atomic E-state index is 6.17. The van der Waals surface area contributed by atoms with Gasteiger partial charge in [-0.3, -0.25) is 0 Å². The van der Waals surface area contributed by atoms with Gasteiger partial charge in [0.15, 0.2) is 0 Å². The molecule has 1 aliphatic carbocycles. The zero-order chi connectivity index (χ0) is 14.5. The van der Waals surface area contributed by atoms with Crippen molar-refractivity contribution < 1.29 is 25.0 Å². The van der Waals surface area contributed by atoms with Crippen molar-refractivity contribution in [1.82, 2.24) is 0 Å². The van der Waals surface area contributed by atoms with E-state index in [-0.39, 0.29) is 0 Å². The van der Waals surface area contributed by atoms with Crippen molar-refractivity contribution in [1.29, 1.82) is 0 Å². The van der Waals surface area contributed by atoms with Crippen molar-refractivity contribution in [3.05, 3.63) is 30.2 Å². The molecule has 0 unspecified atom stereocenters. The second-order valence-electron chi connectivity index (χ2n) is 6.15. The predicted molar refractivity (Wildman–Crippen MR) is 79.0 cm³/mol. The summed E-state index contributed by atoms with van der Waals surface area (Å²) in [6.45, 7) is 6.92. The molecule has 0 N–H and O–H groups in total. The van der Waals surface area contributed by atoms with Gasteiger partial charge in [-0.1, -0.05) is 0 Å². The van der Waals surface area contributed by atoms with Crippen LogP contribution in [-0.4, -0.2) is 10.7 Å². The summed E-state index contributed by atoms with van der Waals surface area (Å²) in [5, 5.41) is 0. The van der Waals surface area contributed by atoms with E-state index in [9.17, 15) is 0 Å². The number of hydrogen-bond acceptors (Lipinski definition) is 2.